The molecule has 0 radical (unpaired) electrons. The SMILES string of the molecule is S=c1[nH]nc(-c2ccc3c(c2)OCO3)c2ccccc12. The number of H-pyrrole nitrogens is 1. The number of rotatable bonds is 1. The first-order valence-electron chi connectivity index (χ1n) is 6.20. The lowest BCUT2D eigenvalue weighted by Gasteiger charge is -2.06. The maximum Gasteiger partial charge on any atom is 0.231 e. The molecule has 0 unspecified atom stereocenters. The van der Waals surface area contributed by atoms with Crippen LogP contribution in [0.25, 0.3) is 22.0 Å². The van der Waals surface area contributed by atoms with E-state index in [9.17, 15) is 0 Å². The summed E-state index contributed by atoms with van der Waals surface area (Å²) in [6.45, 7) is 0.268. The van der Waals surface area contributed by atoms with E-state index in [0.29, 0.717) is 4.64 Å². The molecule has 1 N–H and O–H groups in total. The van der Waals surface area contributed by atoms with Gasteiger partial charge in [0.1, 0.15) is 4.64 Å². The molecule has 3 aromatic rings. The van der Waals surface area contributed by atoms with Crippen molar-refractivity contribution >= 4 is 23.0 Å². The normalized spacial score (nSPS) is 12.8. The first-order chi connectivity index (χ1) is 9.83. The fraction of sp³-hybridized carbons (Fsp3) is 0.0667. The Morgan fingerprint density at radius 1 is 1.00 bits per heavy atom. The summed E-state index contributed by atoms with van der Waals surface area (Å²) in [5.74, 6) is 1.51. The maximum absolute atomic E-state index is 5.42. The molecule has 0 aliphatic carbocycles. The molecule has 0 fully saturated rings. The second kappa shape index (κ2) is 4.31. The van der Waals surface area contributed by atoms with Gasteiger partial charge in [0.05, 0.1) is 5.69 Å². The Morgan fingerprint density at radius 2 is 1.80 bits per heavy atom. The van der Waals surface area contributed by atoms with Crippen molar-refractivity contribution in [1.29, 1.82) is 0 Å². The first-order valence-corrected chi connectivity index (χ1v) is 6.61. The zero-order valence-electron chi connectivity index (χ0n) is 10.4. The maximum atomic E-state index is 5.42. The number of nitrogens with zero attached hydrogens (tertiary/aromatic N) is 1. The van der Waals surface area contributed by atoms with E-state index in [2.05, 4.69) is 10.2 Å². The van der Waals surface area contributed by atoms with Gasteiger partial charge >= 0.3 is 0 Å². The van der Waals surface area contributed by atoms with Gasteiger partial charge in [-0.15, -0.1) is 0 Å². The molecule has 4 rings (SSSR count). The van der Waals surface area contributed by atoms with E-state index < -0.39 is 0 Å². The van der Waals surface area contributed by atoms with Crippen LogP contribution in [0.15, 0.2) is 42.5 Å². The summed E-state index contributed by atoms with van der Waals surface area (Å²) < 4.78 is 11.4. The molecule has 1 aromatic heterocycles. The monoisotopic (exact) mass is 282 g/mol. The summed E-state index contributed by atoms with van der Waals surface area (Å²) in [6, 6.07) is 13.8. The topological polar surface area (TPSA) is 47.1 Å². The molecule has 0 spiro atoms. The number of hydrogen-bond acceptors (Lipinski definition) is 4. The van der Waals surface area contributed by atoms with Crippen LogP contribution >= 0.6 is 12.2 Å². The largest absolute Gasteiger partial charge is 0.454 e. The smallest absolute Gasteiger partial charge is 0.231 e. The van der Waals surface area contributed by atoms with Gasteiger partial charge in [-0.3, -0.25) is 5.10 Å². The third-order valence-corrected chi connectivity index (χ3v) is 3.65. The van der Waals surface area contributed by atoms with Gasteiger partial charge in [0.15, 0.2) is 11.5 Å². The van der Waals surface area contributed by atoms with Crippen molar-refractivity contribution in [1.82, 2.24) is 10.2 Å². The average Bonchev–Trinajstić information content (AvgIpc) is 2.95. The van der Waals surface area contributed by atoms with Crippen LogP contribution in [0, 0.1) is 4.64 Å². The van der Waals surface area contributed by atoms with Crippen molar-refractivity contribution in [3.8, 4) is 22.8 Å². The second-order valence-electron chi connectivity index (χ2n) is 4.51. The summed E-state index contributed by atoms with van der Waals surface area (Å²) in [4.78, 5) is 0. The molecular formula is C15H10N2O2S. The Morgan fingerprint density at radius 3 is 2.70 bits per heavy atom. The third kappa shape index (κ3) is 1.67. The zero-order chi connectivity index (χ0) is 13.5. The molecule has 2 heterocycles. The van der Waals surface area contributed by atoms with Crippen molar-refractivity contribution in [3.63, 3.8) is 0 Å². The molecule has 4 nitrogen and oxygen atoms in total. The number of ether oxygens (including phenoxy) is 2. The van der Waals surface area contributed by atoms with Crippen molar-refractivity contribution in [2.24, 2.45) is 0 Å². The number of hydrogen-bond donors (Lipinski definition) is 1. The van der Waals surface area contributed by atoms with Gasteiger partial charge in [-0.2, -0.15) is 5.10 Å². The van der Waals surface area contributed by atoms with Gasteiger partial charge in [-0.05, 0) is 18.2 Å². The summed E-state index contributed by atoms with van der Waals surface area (Å²) in [5, 5.41) is 9.29. The highest BCUT2D eigenvalue weighted by Gasteiger charge is 2.15. The van der Waals surface area contributed by atoms with E-state index in [4.69, 9.17) is 21.7 Å². The third-order valence-electron chi connectivity index (χ3n) is 3.34. The minimum Gasteiger partial charge on any atom is -0.454 e. The molecule has 20 heavy (non-hydrogen) atoms. The minimum atomic E-state index is 0.268. The zero-order valence-corrected chi connectivity index (χ0v) is 11.2. The Hall–Kier alpha value is -2.40. The Kier molecular flexibility index (Phi) is 2.47. The summed E-state index contributed by atoms with van der Waals surface area (Å²) in [7, 11) is 0. The highest BCUT2D eigenvalue weighted by molar-refractivity contribution is 7.71. The predicted molar refractivity (Wildman–Crippen MR) is 78.5 cm³/mol. The molecule has 0 saturated heterocycles. The quantitative estimate of drug-likeness (QED) is 0.691. The molecule has 0 amide bonds. The molecule has 2 aromatic carbocycles. The van der Waals surface area contributed by atoms with E-state index in [1.54, 1.807) is 0 Å². The molecule has 5 heteroatoms. The summed E-state index contributed by atoms with van der Waals surface area (Å²) in [5.41, 5.74) is 1.82. The fourth-order valence-electron chi connectivity index (χ4n) is 2.38. The van der Waals surface area contributed by atoms with Crippen LogP contribution in [0.4, 0.5) is 0 Å². The number of aromatic amines is 1. The van der Waals surface area contributed by atoms with Crippen LogP contribution < -0.4 is 9.47 Å². The second-order valence-corrected chi connectivity index (χ2v) is 4.92. The minimum absolute atomic E-state index is 0.268. The van der Waals surface area contributed by atoms with E-state index in [0.717, 1.165) is 33.5 Å². The van der Waals surface area contributed by atoms with Gasteiger partial charge in [0.25, 0.3) is 0 Å². The Labute approximate surface area is 120 Å². The fourth-order valence-corrected chi connectivity index (χ4v) is 2.60. The number of benzene rings is 2. The van der Waals surface area contributed by atoms with Gasteiger partial charge in [-0.1, -0.05) is 36.5 Å². The van der Waals surface area contributed by atoms with Crippen LogP contribution in [0.1, 0.15) is 0 Å². The molecule has 0 saturated carbocycles. The van der Waals surface area contributed by atoms with Crippen LogP contribution in [0.3, 0.4) is 0 Å². The average molecular weight is 282 g/mol. The van der Waals surface area contributed by atoms with E-state index in [1.807, 2.05) is 42.5 Å². The van der Waals surface area contributed by atoms with Gasteiger partial charge in [0, 0.05) is 16.3 Å². The molecule has 1 aliphatic rings. The lowest BCUT2D eigenvalue weighted by Crippen LogP contribution is -1.93. The summed E-state index contributed by atoms with van der Waals surface area (Å²) in [6.07, 6.45) is 0. The Balaban J connectivity index is 1.99. The van der Waals surface area contributed by atoms with Crippen LogP contribution in [-0.2, 0) is 0 Å². The van der Waals surface area contributed by atoms with E-state index >= 15 is 0 Å². The van der Waals surface area contributed by atoms with E-state index in [-0.39, 0.29) is 6.79 Å². The van der Waals surface area contributed by atoms with Crippen LogP contribution in [0.2, 0.25) is 0 Å². The molecule has 98 valence electrons. The molecule has 0 atom stereocenters. The van der Waals surface area contributed by atoms with Gasteiger partial charge < -0.3 is 9.47 Å². The molecule has 1 aliphatic heterocycles. The van der Waals surface area contributed by atoms with Crippen molar-refractivity contribution in [2.45, 2.75) is 0 Å². The standard InChI is InChI=1S/C15H10N2O2S/c20-15-11-4-2-1-3-10(11)14(16-17-15)9-5-6-12-13(7-9)19-8-18-12/h1-7H,8H2,(H,17,20). The molecular weight excluding hydrogens is 272 g/mol. The Bertz CT molecular complexity index is 873. The lowest BCUT2D eigenvalue weighted by atomic mass is 10.0. The molecule has 0 bridgehead atoms. The highest BCUT2D eigenvalue weighted by Crippen LogP contribution is 2.36. The lowest BCUT2D eigenvalue weighted by molar-refractivity contribution is 0.174. The van der Waals surface area contributed by atoms with Gasteiger partial charge in [-0.25, -0.2) is 0 Å². The van der Waals surface area contributed by atoms with Crippen molar-refractivity contribution < 1.29 is 9.47 Å². The van der Waals surface area contributed by atoms with E-state index in [1.165, 1.54) is 0 Å². The van der Waals surface area contributed by atoms with Crippen molar-refractivity contribution in [3.05, 3.63) is 47.1 Å². The van der Waals surface area contributed by atoms with Crippen LogP contribution in [0.5, 0.6) is 11.5 Å². The summed E-state index contributed by atoms with van der Waals surface area (Å²) >= 11 is 5.28. The van der Waals surface area contributed by atoms with Gasteiger partial charge in [0.2, 0.25) is 6.79 Å². The highest BCUT2D eigenvalue weighted by atomic mass is 32.1. The number of aromatic nitrogens is 2. The first kappa shape index (κ1) is 11.4. The van der Waals surface area contributed by atoms with Crippen LogP contribution in [-0.4, -0.2) is 17.0 Å². The number of nitrogens with one attached hydrogen (secondary N) is 1. The predicted octanol–water partition coefficient (Wildman–Crippen LogP) is 3.69. The van der Waals surface area contributed by atoms with Crippen molar-refractivity contribution in [2.75, 3.05) is 6.79 Å². The number of fused-ring (bicyclic) bond motifs is 2.